The SMILES string of the molecule is CCCCNS(=O)(=O)C[C@@H](O)C(O)[C@@H](CC1CCCCC1)N[C@@H](CC(C)C)C(N)=O. The predicted molar refractivity (Wildman–Crippen MR) is 119 cm³/mol. The highest BCUT2D eigenvalue weighted by Gasteiger charge is 2.34. The van der Waals surface area contributed by atoms with Gasteiger partial charge in [0.2, 0.25) is 15.9 Å². The van der Waals surface area contributed by atoms with Crippen molar-refractivity contribution in [2.24, 2.45) is 17.6 Å². The second kappa shape index (κ2) is 13.6. The van der Waals surface area contributed by atoms with E-state index in [1.165, 1.54) is 6.42 Å². The zero-order valence-corrected chi connectivity index (χ0v) is 19.7. The molecular weight excluding hydrogens is 406 g/mol. The normalized spacial score (nSPS) is 20.1. The molecule has 30 heavy (non-hydrogen) atoms. The highest BCUT2D eigenvalue weighted by Crippen LogP contribution is 2.29. The molecule has 1 aliphatic carbocycles. The maximum atomic E-state index is 12.2. The summed E-state index contributed by atoms with van der Waals surface area (Å²) in [6.45, 7) is 6.23. The molecule has 0 aromatic carbocycles. The minimum atomic E-state index is -3.71. The van der Waals surface area contributed by atoms with E-state index in [0.29, 0.717) is 31.7 Å². The first-order valence-corrected chi connectivity index (χ1v) is 13.1. The number of hydrogen-bond acceptors (Lipinski definition) is 6. The van der Waals surface area contributed by atoms with Gasteiger partial charge < -0.3 is 21.3 Å². The molecule has 0 saturated heterocycles. The van der Waals surface area contributed by atoms with Gasteiger partial charge in [0.15, 0.2) is 0 Å². The van der Waals surface area contributed by atoms with E-state index >= 15 is 0 Å². The van der Waals surface area contributed by atoms with E-state index in [1.807, 2.05) is 20.8 Å². The summed E-state index contributed by atoms with van der Waals surface area (Å²) in [4.78, 5) is 11.9. The highest BCUT2D eigenvalue weighted by atomic mass is 32.2. The fourth-order valence-corrected chi connectivity index (χ4v) is 5.36. The molecule has 1 unspecified atom stereocenters. The van der Waals surface area contributed by atoms with E-state index in [9.17, 15) is 23.4 Å². The molecule has 9 heteroatoms. The number of carbonyl (C=O) groups is 1. The number of sulfonamides is 1. The van der Waals surface area contributed by atoms with Crippen LogP contribution in [0.5, 0.6) is 0 Å². The van der Waals surface area contributed by atoms with Gasteiger partial charge in [-0.15, -0.1) is 0 Å². The number of unbranched alkanes of at least 4 members (excludes halogenated alkanes) is 1. The molecule has 4 atom stereocenters. The van der Waals surface area contributed by atoms with Gasteiger partial charge in [0.05, 0.1) is 24.0 Å². The van der Waals surface area contributed by atoms with Crippen LogP contribution in [-0.2, 0) is 14.8 Å². The van der Waals surface area contributed by atoms with Crippen LogP contribution >= 0.6 is 0 Å². The summed E-state index contributed by atoms with van der Waals surface area (Å²) in [5, 5.41) is 24.5. The molecule has 0 radical (unpaired) electrons. The van der Waals surface area contributed by atoms with Crippen molar-refractivity contribution >= 4 is 15.9 Å². The summed E-state index contributed by atoms with van der Waals surface area (Å²) in [5.74, 6) is -0.500. The molecule has 1 rings (SSSR count). The van der Waals surface area contributed by atoms with E-state index < -0.39 is 46.0 Å². The first kappa shape index (κ1) is 27.3. The molecule has 0 aromatic rings. The molecule has 0 aliphatic heterocycles. The van der Waals surface area contributed by atoms with Gasteiger partial charge in [0.1, 0.15) is 0 Å². The third kappa shape index (κ3) is 10.5. The van der Waals surface area contributed by atoms with Gasteiger partial charge in [-0.05, 0) is 31.1 Å². The summed E-state index contributed by atoms with van der Waals surface area (Å²) in [5.41, 5.74) is 5.56. The molecule has 6 N–H and O–H groups in total. The van der Waals surface area contributed by atoms with Crippen molar-refractivity contribution in [2.75, 3.05) is 12.3 Å². The smallest absolute Gasteiger partial charge is 0.234 e. The summed E-state index contributed by atoms with van der Waals surface area (Å²) in [6.07, 6.45) is 5.37. The lowest BCUT2D eigenvalue weighted by Crippen LogP contribution is -2.56. The predicted octanol–water partition coefficient (Wildman–Crippen LogP) is 1.26. The average Bonchev–Trinajstić information content (AvgIpc) is 2.66. The number of amides is 1. The average molecular weight is 450 g/mol. The summed E-state index contributed by atoms with van der Waals surface area (Å²) < 4.78 is 26.9. The number of primary amides is 1. The number of hydrogen-bond donors (Lipinski definition) is 5. The Morgan fingerprint density at radius 2 is 1.80 bits per heavy atom. The lowest BCUT2D eigenvalue weighted by atomic mass is 9.82. The van der Waals surface area contributed by atoms with Crippen LogP contribution in [-0.4, -0.2) is 61.1 Å². The number of nitrogens with two attached hydrogens (primary N) is 1. The van der Waals surface area contributed by atoms with Crippen molar-refractivity contribution in [3.63, 3.8) is 0 Å². The van der Waals surface area contributed by atoms with Crippen LogP contribution in [0.25, 0.3) is 0 Å². The van der Waals surface area contributed by atoms with Crippen LogP contribution in [0.1, 0.15) is 78.6 Å². The van der Waals surface area contributed by atoms with Crippen molar-refractivity contribution in [1.82, 2.24) is 10.0 Å². The summed E-state index contributed by atoms with van der Waals surface area (Å²) in [7, 11) is -3.71. The second-order valence-corrected chi connectivity index (χ2v) is 11.0. The Morgan fingerprint density at radius 3 is 2.33 bits per heavy atom. The molecular formula is C21H43N3O5S. The number of aliphatic hydroxyl groups excluding tert-OH is 2. The molecule has 8 nitrogen and oxygen atoms in total. The van der Waals surface area contributed by atoms with E-state index in [1.54, 1.807) is 0 Å². The molecule has 1 aliphatic rings. The van der Waals surface area contributed by atoms with Crippen LogP contribution in [0.2, 0.25) is 0 Å². The number of rotatable bonds is 15. The van der Waals surface area contributed by atoms with Crippen LogP contribution in [0.4, 0.5) is 0 Å². The minimum Gasteiger partial charge on any atom is -0.389 e. The van der Waals surface area contributed by atoms with Gasteiger partial charge in [-0.25, -0.2) is 13.1 Å². The Kier molecular flexibility index (Phi) is 12.4. The number of carbonyl (C=O) groups excluding carboxylic acids is 1. The molecule has 0 bridgehead atoms. The number of nitrogens with one attached hydrogen (secondary N) is 2. The highest BCUT2D eigenvalue weighted by molar-refractivity contribution is 7.89. The summed E-state index contributed by atoms with van der Waals surface area (Å²) >= 11 is 0. The van der Waals surface area contributed by atoms with Crippen LogP contribution in [0.3, 0.4) is 0 Å². The standard InChI is InChI=1S/C21H43N3O5S/c1-4-5-11-23-30(28,29)14-19(25)20(26)17(13-16-9-7-6-8-10-16)24-18(21(22)27)12-15(2)3/h15-20,23-26H,4-14H2,1-3H3,(H2,22,27)/t17-,18+,19-,20?/m1/s1. The Hall–Kier alpha value is -0.740. The maximum absolute atomic E-state index is 12.2. The monoisotopic (exact) mass is 449 g/mol. The third-order valence-electron chi connectivity index (χ3n) is 5.83. The quantitative estimate of drug-likeness (QED) is 0.238. The van der Waals surface area contributed by atoms with Gasteiger partial charge in [-0.2, -0.15) is 0 Å². The van der Waals surface area contributed by atoms with E-state index in [0.717, 1.165) is 32.1 Å². The fraction of sp³-hybridized carbons (Fsp3) is 0.952. The first-order chi connectivity index (χ1) is 14.1. The molecule has 0 aromatic heterocycles. The molecule has 0 heterocycles. The van der Waals surface area contributed by atoms with Gasteiger partial charge in [0, 0.05) is 12.6 Å². The lowest BCUT2D eigenvalue weighted by Gasteiger charge is -2.34. The van der Waals surface area contributed by atoms with Gasteiger partial charge >= 0.3 is 0 Å². The van der Waals surface area contributed by atoms with E-state index in [-0.39, 0.29) is 5.92 Å². The first-order valence-electron chi connectivity index (χ1n) is 11.4. The Morgan fingerprint density at radius 1 is 1.17 bits per heavy atom. The minimum absolute atomic E-state index is 0.218. The molecule has 1 fully saturated rings. The van der Waals surface area contributed by atoms with Crippen molar-refractivity contribution in [3.8, 4) is 0 Å². The van der Waals surface area contributed by atoms with Gasteiger partial charge in [-0.3, -0.25) is 4.79 Å². The molecule has 178 valence electrons. The van der Waals surface area contributed by atoms with Crippen LogP contribution in [0, 0.1) is 11.8 Å². The summed E-state index contributed by atoms with van der Waals surface area (Å²) in [6, 6.07) is -1.25. The topological polar surface area (TPSA) is 142 Å². The van der Waals surface area contributed by atoms with Crippen molar-refractivity contribution in [3.05, 3.63) is 0 Å². The van der Waals surface area contributed by atoms with Crippen molar-refractivity contribution < 1.29 is 23.4 Å². The van der Waals surface area contributed by atoms with Gasteiger partial charge in [0.25, 0.3) is 0 Å². The van der Waals surface area contributed by atoms with E-state index in [2.05, 4.69) is 10.0 Å². The second-order valence-electron chi connectivity index (χ2n) is 9.18. The molecule has 1 saturated carbocycles. The Labute approximate surface area is 182 Å². The lowest BCUT2D eigenvalue weighted by molar-refractivity contribution is -0.121. The van der Waals surface area contributed by atoms with Crippen LogP contribution < -0.4 is 15.8 Å². The fourth-order valence-electron chi connectivity index (χ4n) is 4.14. The van der Waals surface area contributed by atoms with Crippen LogP contribution in [0.15, 0.2) is 0 Å². The third-order valence-corrected chi connectivity index (χ3v) is 7.25. The van der Waals surface area contributed by atoms with E-state index in [4.69, 9.17) is 5.73 Å². The zero-order chi connectivity index (χ0) is 22.7. The largest absolute Gasteiger partial charge is 0.389 e. The molecule has 1 amide bonds. The maximum Gasteiger partial charge on any atom is 0.234 e. The number of aliphatic hydroxyl groups is 2. The van der Waals surface area contributed by atoms with Gasteiger partial charge in [-0.1, -0.05) is 59.3 Å². The van der Waals surface area contributed by atoms with Crippen molar-refractivity contribution in [2.45, 2.75) is 103 Å². The zero-order valence-electron chi connectivity index (χ0n) is 18.8. The Balaban J connectivity index is 2.87. The molecule has 0 spiro atoms. The Bertz CT molecular complexity index is 593. The van der Waals surface area contributed by atoms with Crippen molar-refractivity contribution in [1.29, 1.82) is 0 Å².